The van der Waals surface area contributed by atoms with Crippen LogP contribution in [0.2, 0.25) is 0 Å². The number of nitrogens with one attached hydrogen (secondary N) is 2. The molecule has 0 unspecified atom stereocenters. The molecule has 3 rings (SSSR count). The summed E-state index contributed by atoms with van der Waals surface area (Å²) in [5.41, 5.74) is 7.41. The van der Waals surface area contributed by atoms with Crippen LogP contribution in [0.5, 0.6) is 5.75 Å². The Morgan fingerprint density at radius 2 is 1.93 bits per heavy atom. The highest BCUT2D eigenvalue weighted by Crippen LogP contribution is 2.26. The number of ether oxygens (including phenoxy) is 1. The summed E-state index contributed by atoms with van der Waals surface area (Å²) in [6, 6.07) is 9.73. The average molecular weight is 420 g/mol. The molecule has 0 fully saturated rings. The molecular formula is C19H19F3N6O2. The second-order valence-corrected chi connectivity index (χ2v) is 6.50. The molecule has 0 bridgehead atoms. The van der Waals surface area contributed by atoms with Gasteiger partial charge in [0.2, 0.25) is 0 Å². The molecule has 1 amide bonds. The van der Waals surface area contributed by atoms with Crippen LogP contribution in [0.4, 0.5) is 30.2 Å². The van der Waals surface area contributed by atoms with Gasteiger partial charge in [0.05, 0.1) is 12.1 Å². The van der Waals surface area contributed by atoms with Crippen molar-refractivity contribution in [2.24, 2.45) is 0 Å². The topological polar surface area (TPSA) is 109 Å². The molecule has 1 aromatic heterocycles. The van der Waals surface area contributed by atoms with Crippen LogP contribution >= 0.6 is 0 Å². The lowest BCUT2D eigenvalue weighted by Gasteiger charge is -2.21. The molecule has 0 radical (unpaired) electrons. The van der Waals surface area contributed by atoms with E-state index in [1.807, 2.05) is 0 Å². The Morgan fingerprint density at radius 1 is 1.23 bits per heavy atom. The third kappa shape index (κ3) is 5.40. The number of aromatic nitrogens is 3. The van der Waals surface area contributed by atoms with Crippen LogP contribution in [-0.4, -0.2) is 34.5 Å². The van der Waals surface area contributed by atoms with Crippen molar-refractivity contribution in [3.63, 3.8) is 0 Å². The number of hydrogen-bond donors (Lipinski definition) is 3. The number of hydrogen-bond acceptors (Lipinski definition) is 6. The third-order valence-electron chi connectivity index (χ3n) is 4.04. The number of alkyl halides is 3. The summed E-state index contributed by atoms with van der Waals surface area (Å²) >= 11 is 0. The summed E-state index contributed by atoms with van der Waals surface area (Å²) in [5.74, 6) is 0.372. The zero-order valence-electron chi connectivity index (χ0n) is 16.1. The van der Waals surface area contributed by atoms with Crippen LogP contribution in [0.1, 0.15) is 22.0 Å². The number of anilines is 3. The molecule has 0 aliphatic carbocycles. The number of H-pyrrole nitrogens is 1. The first-order valence-corrected chi connectivity index (χ1v) is 8.76. The van der Waals surface area contributed by atoms with E-state index in [1.54, 1.807) is 31.0 Å². The number of aromatic amines is 1. The quantitative estimate of drug-likeness (QED) is 0.527. The van der Waals surface area contributed by atoms with Gasteiger partial charge in [-0.2, -0.15) is 5.10 Å². The Bertz CT molecular complexity index is 1030. The van der Waals surface area contributed by atoms with Gasteiger partial charge >= 0.3 is 6.36 Å². The number of nitrogens with zero attached hydrogens (tertiary/aromatic N) is 3. The molecule has 0 aliphatic heterocycles. The first kappa shape index (κ1) is 21.0. The van der Waals surface area contributed by atoms with Crippen LogP contribution in [0.25, 0.3) is 0 Å². The van der Waals surface area contributed by atoms with Crippen molar-refractivity contribution in [3.8, 4) is 5.75 Å². The van der Waals surface area contributed by atoms with Crippen LogP contribution in [0, 0.1) is 6.92 Å². The van der Waals surface area contributed by atoms with E-state index in [0.29, 0.717) is 40.8 Å². The maximum absolute atomic E-state index is 12.8. The number of carbonyl (C=O) groups is 1. The maximum atomic E-state index is 12.8. The van der Waals surface area contributed by atoms with E-state index >= 15 is 0 Å². The summed E-state index contributed by atoms with van der Waals surface area (Å²) in [7, 11) is 1.78. The molecule has 1 heterocycles. The molecule has 0 atom stereocenters. The van der Waals surface area contributed by atoms with Gasteiger partial charge in [-0.1, -0.05) is 0 Å². The predicted octanol–water partition coefficient (Wildman–Crippen LogP) is 3.48. The van der Waals surface area contributed by atoms with E-state index in [4.69, 9.17) is 5.73 Å². The summed E-state index contributed by atoms with van der Waals surface area (Å²) in [6.45, 7) is 2.13. The van der Waals surface area contributed by atoms with Gasteiger partial charge in [-0.15, -0.1) is 13.2 Å². The molecule has 158 valence electrons. The van der Waals surface area contributed by atoms with Crippen molar-refractivity contribution >= 4 is 23.0 Å². The van der Waals surface area contributed by atoms with Crippen LogP contribution in [0.3, 0.4) is 0 Å². The molecule has 0 spiro atoms. The molecule has 0 saturated heterocycles. The summed E-state index contributed by atoms with van der Waals surface area (Å²) in [5, 5.41) is 9.48. The number of benzene rings is 2. The van der Waals surface area contributed by atoms with E-state index in [2.05, 4.69) is 25.2 Å². The second kappa shape index (κ2) is 8.31. The minimum Gasteiger partial charge on any atom is -0.406 e. The molecule has 2 aromatic carbocycles. The first-order valence-electron chi connectivity index (χ1n) is 8.76. The Hall–Kier alpha value is -3.76. The van der Waals surface area contributed by atoms with Gasteiger partial charge in [-0.25, -0.2) is 4.98 Å². The smallest absolute Gasteiger partial charge is 0.406 e. The van der Waals surface area contributed by atoms with E-state index in [0.717, 1.165) is 12.1 Å². The monoisotopic (exact) mass is 420 g/mol. The highest BCUT2D eigenvalue weighted by atomic mass is 19.4. The van der Waals surface area contributed by atoms with Gasteiger partial charge in [-0.05, 0) is 49.4 Å². The number of nitrogen functional groups attached to an aromatic ring is 1. The molecule has 0 saturated carbocycles. The van der Waals surface area contributed by atoms with E-state index < -0.39 is 12.3 Å². The molecule has 11 heteroatoms. The SMILES string of the molecule is Cc1nc(CN(C)c2ccc(N)cc2C(=O)Nc2ccc(OC(F)(F)F)cc2)n[nH]1. The molecule has 30 heavy (non-hydrogen) atoms. The number of aryl methyl sites for hydroxylation is 1. The number of halogens is 3. The summed E-state index contributed by atoms with van der Waals surface area (Å²) < 4.78 is 40.6. The van der Waals surface area contributed by atoms with Crippen LogP contribution in [0.15, 0.2) is 42.5 Å². The number of carbonyl (C=O) groups excluding carboxylic acids is 1. The largest absolute Gasteiger partial charge is 0.573 e. The van der Waals surface area contributed by atoms with Crippen molar-refractivity contribution < 1.29 is 22.7 Å². The van der Waals surface area contributed by atoms with Crippen LogP contribution in [-0.2, 0) is 6.54 Å². The van der Waals surface area contributed by atoms with Gasteiger partial charge in [0, 0.05) is 24.1 Å². The molecule has 3 aromatic rings. The Labute approximate surface area is 169 Å². The number of nitrogens with two attached hydrogens (primary N) is 1. The predicted molar refractivity (Wildman–Crippen MR) is 105 cm³/mol. The van der Waals surface area contributed by atoms with Gasteiger partial charge in [0.25, 0.3) is 5.91 Å². The summed E-state index contributed by atoms with van der Waals surface area (Å²) in [4.78, 5) is 18.9. The maximum Gasteiger partial charge on any atom is 0.573 e. The third-order valence-corrected chi connectivity index (χ3v) is 4.04. The summed E-state index contributed by atoms with van der Waals surface area (Å²) in [6.07, 6.45) is -4.78. The zero-order valence-corrected chi connectivity index (χ0v) is 16.1. The average Bonchev–Trinajstić information content (AvgIpc) is 3.06. The highest BCUT2D eigenvalue weighted by molar-refractivity contribution is 6.08. The van der Waals surface area contributed by atoms with Gasteiger partial charge in [0.1, 0.15) is 11.6 Å². The zero-order chi connectivity index (χ0) is 21.9. The number of rotatable bonds is 6. The highest BCUT2D eigenvalue weighted by Gasteiger charge is 2.31. The Balaban J connectivity index is 1.77. The fraction of sp³-hybridized carbons (Fsp3) is 0.211. The standard InChI is InChI=1S/C19H19F3N6O2/c1-11-24-17(27-26-11)10-28(2)16-8-3-12(23)9-15(16)18(29)25-13-4-6-14(7-5-13)30-19(20,21)22/h3-9H,10,23H2,1-2H3,(H,25,29)(H,24,26,27). The van der Waals surface area contributed by atoms with E-state index in [1.165, 1.54) is 18.2 Å². The van der Waals surface area contributed by atoms with Gasteiger partial charge in [-0.3, -0.25) is 9.89 Å². The van der Waals surface area contributed by atoms with Crippen molar-refractivity contribution in [3.05, 3.63) is 59.7 Å². The van der Waals surface area contributed by atoms with Crippen molar-refractivity contribution in [1.29, 1.82) is 0 Å². The molecular weight excluding hydrogens is 401 g/mol. The first-order chi connectivity index (χ1) is 14.1. The van der Waals surface area contributed by atoms with Gasteiger partial charge < -0.3 is 20.7 Å². The molecule has 4 N–H and O–H groups in total. The minimum absolute atomic E-state index is 0.292. The second-order valence-electron chi connectivity index (χ2n) is 6.50. The lowest BCUT2D eigenvalue weighted by Crippen LogP contribution is -2.22. The fourth-order valence-electron chi connectivity index (χ4n) is 2.76. The van der Waals surface area contributed by atoms with Crippen molar-refractivity contribution in [1.82, 2.24) is 15.2 Å². The van der Waals surface area contributed by atoms with Crippen LogP contribution < -0.4 is 20.7 Å². The fourth-order valence-corrected chi connectivity index (χ4v) is 2.76. The number of amides is 1. The van der Waals surface area contributed by atoms with E-state index in [-0.39, 0.29) is 5.75 Å². The normalized spacial score (nSPS) is 11.2. The molecule has 0 aliphatic rings. The minimum atomic E-state index is -4.78. The van der Waals surface area contributed by atoms with Crippen molar-refractivity contribution in [2.45, 2.75) is 19.8 Å². The lowest BCUT2D eigenvalue weighted by atomic mass is 10.1. The van der Waals surface area contributed by atoms with Crippen molar-refractivity contribution in [2.75, 3.05) is 23.0 Å². The lowest BCUT2D eigenvalue weighted by molar-refractivity contribution is -0.274. The van der Waals surface area contributed by atoms with E-state index in [9.17, 15) is 18.0 Å². The Morgan fingerprint density at radius 3 is 2.53 bits per heavy atom. The Kier molecular flexibility index (Phi) is 5.81. The van der Waals surface area contributed by atoms with Gasteiger partial charge in [0.15, 0.2) is 5.82 Å². The molecule has 8 nitrogen and oxygen atoms in total.